The zero-order chi connectivity index (χ0) is 30.3. The Bertz CT molecular complexity index is 1450. The molecule has 0 aliphatic heterocycles. The van der Waals surface area contributed by atoms with Crippen molar-refractivity contribution in [2.45, 2.75) is 45.4 Å². The first-order chi connectivity index (χ1) is 20.1. The van der Waals surface area contributed by atoms with E-state index in [0.717, 1.165) is 0 Å². The summed E-state index contributed by atoms with van der Waals surface area (Å²) in [6.07, 6.45) is 5.86. The van der Waals surface area contributed by atoms with Gasteiger partial charge in [-0.2, -0.15) is 15.1 Å². The average Bonchev–Trinajstić information content (AvgIpc) is 3.58. The van der Waals surface area contributed by atoms with Crippen LogP contribution in [0.4, 0.5) is 5.95 Å². The number of nitrogens with two attached hydrogens (primary N) is 1. The molecule has 1 unspecified atom stereocenters. The minimum Gasteiger partial charge on any atom is -0.491 e. The van der Waals surface area contributed by atoms with Crippen LogP contribution in [0.5, 0.6) is 17.4 Å². The van der Waals surface area contributed by atoms with Gasteiger partial charge in [0.15, 0.2) is 11.2 Å². The number of nitrogen functional groups attached to an aromatic ring is 1. The van der Waals surface area contributed by atoms with E-state index in [9.17, 15) is 9.36 Å². The van der Waals surface area contributed by atoms with Gasteiger partial charge in [-0.05, 0) is 39.3 Å². The largest absolute Gasteiger partial charge is 0.491 e. The molecule has 0 saturated carbocycles. The van der Waals surface area contributed by atoms with Crippen molar-refractivity contribution in [3.63, 3.8) is 0 Å². The summed E-state index contributed by atoms with van der Waals surface area (Å²) in [5, 5.41) is 2.72. The quantitative estimate of drug-likeness (QED) is 0.111. The van der Waals surface area contributed by atoms with Crippen molar-refractivity contribution in [1.29, 1.82) is 0 Å². The Morgan fingerprint density at radius 1 is 1.17 bits per heavy atom. The number of carbonyl (C=O) groups excluding carboxylic acids is 1. The molecule has 0 fully saturated rings. The summed E-state index contributed by atoms with van der Waals surface area (Å²) >= 11 is 0. The van der Waals surface area contributed by atoms with E-state index in [1.807, 2.05) is 16.7 Å². The number of nitrogens with zero attached hydrogens (tertiary/aromatic N) is 4. The van der Waals surface area contributed by atoms with Crippen molar-refractivity contribution in [3.05, 3.63) is 42.7 Å². The highest BCUT2D eigenvalue weighted by molar-refractivity contribution is 7.52. The van der Waals surface area contributed by atoms with Crippen LogP contribution >= 0.6 is 7.75 Å². The van der Waals surface area contributed by atoms with Gasteiger partial charge in [0.2, 0.25) is 11.8 Å². The Balaban J connectivity index is 1.47. The van der Waals surface area contributed by atoms with Crippen LogP contribution in [0.2, 0.25) is 0 Å². The third kappa shape index (κ3) is 7.97. The Morgan fingerprint density at radius 2 is 1.95 bits per heavy atom. The Labute approximate surface area is 244 Å². The highest BCUT2D eigenvalue weighted by atomic mass is 31.2. The lowest BCUT2D eigenvalue weighted by Gasteiger charge is -2.24. The van der Waals surface area contributed by atoms with Crippen LogP contribution in [0.3, 0.4) is 0 Å². The molecule has 1 aromatic carbocycles. The number of imidazole rings is 1. The van der Waals surface area contributed by atoms with Gasteiger partial charge in [0.25, 0.3) is 0 Å². The van der Waals surface area contributed by atoms with Crippen molar-refractivity contribution in [1.82, 2.24) is 24.6 Å². The fraction of sp³-hybridized carbons (Fsp3) is 0.481. The lowest BCUT2D eigenvalue weighted by molar-refractivity contribution is -0.149. The predicted octanol–water partition coefficient (Wildman–Crippen LogP) is 3.69. The molecule has 3 aromatic rings. The number of allylic oxidation sites excluding steroid dienone is 1. The highest BCUT2D eigenvalue weighted by Gasteiger charge is 2.34. The van der Waals surface area contributed by atoms with E-state index in [2.05, 4.69) is 20.0 Å². The van der Waals surface area contributed by atoms with Crippen LogP contribution in [0, 0.1) is 5.92 Å². The number of ether oxygens (including phenoxy) is 4. The molecule has 228 valence electrons. The van der Waals surface area contributed by atoms with Crippen LogP contribution in [0.15, 0.2) is 42.7 Å². The molecule has 42 heavy (non-hydrogen) atoms. The zero-order valence-corrected chi connectivity index (χ0v) is 25.2. The third-order valence-corrected chi connectivity index (χ3v) is 7.85. The van der Waals surface area contributed by atoms with E-state index in [1.54, 1.807) is 51.6 Å². The molecule has 4 atom stereocenters. The summed E-state index contributed by atoms with van der Waals surface area (Å²) in [4.78, 5) is 25.3. The molecule has 14 nitrogen and oxygen atoms in total. The summed E-state index contributed by atoms with van der Waals surface area (Å²) in [5.74, 6) is 0.387. The SMILES string of the molecule is COCCOc1cccc(OP(=O)(N[C@@H](C)C(=O)OC(C)C)OC[C@@H]2C=C[C@H](n3cnc4c(OC)nc(N)nc43)C2)c1. The maximum atomic E-state index is 14.0. The van der Waals surface area contributed by atoms with Gasteiger partial charge in [-0.1, -0.05) is 18.2 Å². The molecule has 3 N–H and O–H groups in total. The maximum Gasteiger partial charge on any atom is 0.459 e. The van der Waals surface area contributed by atoms with E-state index >= 15 is 0 Å². The first-order valence-electron chi connectivity index (χ1n) is 13.5. The zero-order valence-electron chi connectivity index (χ0n) is 24.3. The lowest BCUT2D eigenvalue weighted by atomic mass is 10.1. The van der Waals surface area contributed by atoms with Crippen LogP contribution in [-0.2, 0) is 23.4 Å². The second-order valence-corrected chi connectivity index (χ2v) is 11.6. The lowest BCUT2D eigenvalue weighted by Crippen LogP contribution is -2.36. The maximum absolute atomic E-state index is 14.0. The molecule has 2 aromatic heterocycles. The number of nitrogens with one attached hydrogen (secondary N) is 1. The topological polar surface area (TPSA) is 171 Å². The normalized spacial score (nSPS) is 18.6. The summed E-state index contributed by atoms with van der Waals surface area (Å²) in [7, 11) is -1.00. The molecule has 1 aliphatic carbocycles. The van der Waals surface area contributed by atoms with Crippen molar-refractivity contribution < 1.29 is 37.4 Å². The Morgan fingerprint density at radius 3 is 2.69 bits per heavy atom. The smallest absolute Gasteiger partial charge is 0.459 e. The fourth-order valence-corrected chi connectivity index (χ4v) is 5.82. The van der Waals surface area contributed by atoms with Gasteiger partial charge >= 0.3 is 13.7 Å². The molecule has 0 radical (unpaired) electrons. The molecule has 0 saturated heterocycles. The number of rotatable bonds is 15. The van der Waals surface area contributed by atoms with E-state index in [1.165, 1.54) is 14.0 Å². The first-order valence-corrected chi connectivity index (χ1v) is 15.0. The number of hydrogen-bond acceptors (Lipinski definition) is 12. The van der Waals surface area contributed by atoms with Gasteiger partial charge < -0.3 is 33.8 Å². The van der Waals surface area contributed by atoms with Crippen LogP contribution in [0.25, 0.3) is 11.2 Å². The van der Waals surface area contributed by atoms with E-state index in [-0.39, 0.29) is 36.4 Å². The van der Waals surface area contributed by atoms with Crippen molar-refractivity contribution in [2.75, 3.05) is 39.8 Å². The summed E-state index contributed by atoms with van der Waals surface area (Å²) in [5.41, 5.74) is 6.90. The van der Waals surface area contributed by atoms with Gasteiger partial charge in [0.1, 0.15) is 24.1 Å². The van der Waals surface area contributed by atoms with Gasteiger partial charge in [-0.15, -0.1) is 0 Å². The second-order valence-electron chi connectivity index (χ2n) is 9.90. The second kappa shape index (κ2) is 14.0. The molecule has 4 rings (SSSR count). The van der Waals surface area contributed by atoms with Crippen molar-refractivity contribution >= 4 is 30.8 Å². The summed E-state index contributed by atoms with van der Waals surface area (Å²) < 4.78 is 48.8. The monoisotopic (exact) mass is 604 g/mol. The Kier molecular flexibility index (Phi) is 10.4. The van der Waals surface area contributed by atoms with Crippen LogP contribution in [-0.4, -0.2) is 71.7 Å². The highest BCUT2D eigenvalue weighted by Crippen LogP contribution is 2.47. The summed E-state index contributed by atoms with van der Waals surface area (Å²) in [6.45, 7) is 5.77. The standard InChI is InChI=1S/C27H37N6O8P/c1-17(2)40-26(34)18(3)32-42(35,41-22-8-6-7-21(14-22)38-12-11-36-4)39-15-19-9-10-20(13-19)33-16-29-23-24(33)30-27(28)31-25(23)37-5/h6-10,14,16-20H,11-13,15H2,1-5H3,(H,32,35)(H2,28,30,31)/t18-,19+,20-,42?/m0/s1. The van der Waals surface area contributed by atoms with Crippen LogP contribution in [0.1, 0.15) is 33.2 Å². The van der Waals surface area contributed by atoms with Gasteiger partial charge in [-0.25, -0.2) is 9.55 Å². The van der Waals surface area contributed by atoms with E-state index in [4.69, 9.17) is 33.7 Å². The minimum atomic E-state index is -4.07. The molecule has 0 spiro atoms. The molecule has 1 aliphatic rings. The van der Waals surface area contributed by atoms with E-state index < -0.39 is 19.8 Å². The Hall–Kier alpha value is -3.71. The molecule has 0 amide bonds. The molecule has 2 heterocycles. The average molecular weight is 605 g/mol. The third-order valence-electron chi connectivity index (χ3n) is 6.21. The molecule has 15 heteroatoms. The first kappa shape index (κ1) is 31.2. The molecule has 0 bridgehead atoms. The number of hydrogen-bond donors (Lipinski definition) is 2. The van der Waals surface area contributed by atoms with Crippen molar-refractivity contribution in [2.24, 2.45) is 5.92 Å². The van der Waals surface area contributed by atoms with Crippen molar-refractivity contribution in [3.8, 4) is 17.4 Å². The molecular weight excluding hydrogens is 567 g/mol. The molecular formula is C27H37N6O8P. The number of esters is 1. The minimum absolute atomic E-state index is 0.0420. The number of fused-ring (bicyclic) bond motifs is 1. The number of benzene rings is 1. The number of methoxy groups -OCH3 is 2. The van der Waals surface area contributed by atoms with Gasteiger partial charge in [-0.3, -0.25) is 9.32 Å². The number of carbonyl (C=O) groups is 1. The van der Waals surface area contributed by atoms with E-state index in [0.29, 0.717) is 42.4 Å². The van der Waals surface area contributed by atoms with Crippen LogP contribution < -0.4 is 24.8 Å². The number of aromatic nitrogens is 4. The predicted molar refractivity (Wildman–Crippen MR) is 154 cm³/mol. The number of anilines is 1. The summed E-state index contributed by atoms with van der Waals surface area (Å²) in [6, 6.07) is 5.56. The van der Waals surface area contributed by atoms with Gasteiger partial charge in [0, 0.05) is 19.1 Å². The van der Waals surface area contributed by atoms with Gasteiger partial charge in [0.05, 0.1) is 38.8 Å². The fourth-order valence-electron chi connectivity index (χ4n) is 4.28.